The van der Waals surface area contributed by atoms with Crippen molar-refractivity contribution in [2.24, 2.45) is 0 Å². The van der Waals surface area contributed by atoms with E-state index in [9.17, 15) is 13.0 Å². The van der Waals surface area contributed by atoms with Gasteiger partial charge in [0.05, 0.1) is 4.90 Å². The summed E-state index contributed by atoms with van der Waals surface area (Å²) >= 11 is 0. The molecule has 4 nitrogen and oxygen atoms in total. The fourth-order valence-corrected chi connectivity index (χ4v) is 2.48. The summed E-state index contributed by atoms with van der Waals surface area (Å²) in [6, 6.07) is 12.0. The largest absolute Gasteiger partial charge is 0.744 e. The van der Waals surface area contributed by atoms with Crippen LogP contribution in [-0.2, 0) is 16.7 Å². The van der Waals surface area contributed by atoms with Gasteiger partial charge >= 0.3 is 0 Å². The zero-order valence-electron chi connectivity index (χ0n) is 13.8. The number of nitrogens with zero attached hydrogens (tertiary/aromatic N) is 1. The molecule has 126 valence electrons. The highest BCUT2D eigenvalue weighted by molar-refractivity contribution is 7.85. The third kappa shape index (κ3) is 8.47. The van der Waals surface area contributed by atoms with Crippen molar-refractivity contribution in [2.75, 3.05) is 0 Å². The smallest absolute Gasteiger partial charge is 0.168 e. The molecule has 2 aromatic rings. The summed E-state index contributed by atoms with van der Waals surface area (Å²) in [7, 11) is -4.27. The summed E-state index contributed by atoms with van der Waals surface area (Å²) in [6.07, 6.45) is 9.62. The second-order valence-corrected chi connectivity index (χ2v) is 6.82. The molecule has 0 aliphatic heterocycles. The van der Waals surface area contributed by atoms with Gasteiger partial charge in [0.25, 0.3) is 0 Å². The Morgan fingerprint density at radius 2 is 1.57 bits per heavy atom. The number of pyridine rings is 1. The van der Waals surface area contributed by atoms with Gasteiger partial charge in [-0.05, 0) is 25.5 Å². The van der Waals surface area contributed by atoms with Gasteiger partial charge in [-0.1, -0.05) is 43.5 Å². The highest BCUT2D eigenvalue weighted by Gasteiger charge is 1.98. The lowest BCUT2D eigenvalue weighted by atomic mass is 10.2. The number of aromatic nitrogens is 1. The predicted octanol–water partition coefficient (Wildman–Crippen LogP) is 3.45. The number of benzene rings is 1. The van der Waals surface area contributed by atoms with E-state index in [1.165, 1.54) is 44.4 Å². The second kappa shape index (κ2) is 10.1. The van der Waals surface area contributed by atoms with Gasteiger partial charge in [-0.15, -0.1) is 0 Å². The van der Waals surface area contributed by atoms with Crippen LogP contribution in [0, 0.1) is 6.92 Å². The van der Waals surface area contributed by atoms with Crippen LogP contribution in [0.2, 0.25) is 0 Å². The first-order valence-electron chi connectivity index (χ1n) is 7.90. The van der Waals surface area contributed by atoms with Gasteiger partial charge in [0.1, 0.15) is 16.7 Å². The van der Waals surface area contributed by atoms with E-state index in [0.29, 0.717) is 0 Å². The molecule has 0 fully saturated rings. The monoisotopic (exact) mass is 335 g/mol. The fraction of sp³-hybridized carbons (Fsp3) is 0.389. The first-order valence-corrected chi connectivity index (χ1v) is 9.31. The molecule has 0 N–H and O–H groups in total. The number of hydrogen-bond acceptors (Lipinski definition) is 3. The highest BCUT2D eigenvalue weighted by Crippen LogP contribution is 2.08. The van der Waals surface area contributed by atoms with Gasteiger partial charge in [0.2, 0.25) is 0 Å². The summed E-state index contributed by atoms with van der Waals surface area (Å²) in [4.78, 5) is -0.178. The van der Waals surface area contributed by atoms with Gasteiger partial charge in [-0.25, -0.2) is 13.0 Å². The normalized spacial score (nSPS) is 10.7. The Morgan fingerprint density at radius 1 is 0.957 bits per heavy atom. The summed E-state index contributed by atoms with van der Waals surface area (Å²) in [6.45, 7) is 5.23. The minimum absolute atomic E-state index is 0.178. The van der Waals surface area contributed by atoms with Crippen molar-refractivity contribution in [3.05, 3.63) is 60.4 Å². The average molecular weight is 335 g/mol. The van der Waals surface area contributed by atoms with Crippen molar-refractivity contribution in [3.8, 4) is 0 Å². The van der Waals surface area contributed by atoms with Crippen LogP contribution in [0.15, 0.2) is 59.8 Å². The van der Waals surface area contributed by atoms with E-state index in [2.05, 4.69) is 42.1 Å². The van der Waals surface area contributed by atoms with E-state index in [0.717, 1.165) is 5.56 Å². The molecule has 0 spiro atoms. The molecular formula is C18H25NO3S. The standard InChI is InChI=1S/C11H18N.C7H8O3S/c1-2-3-4-6-9-12-10-7-5-8-11-12;1-6-2-4-7(5-3-6)11(8,9)10/h5,7-8,10-11H,2-4,6,9H2,1H3;2-5H,1H3,(H,8,9,10)/q+1;/p-1. The Hall–Kier alpha value is -1.72. The minimum Gasteiger partial charge on any atom is -0.744 e. The first-order chi connectivity index (χ1) is 10.9. The number of unbranched alkanes of at least 4 members (excludes halogenated alkanes) is 3. The van der Waals surface area contributed by atoms with Gasteiger partial charge in [0, 0.05) is 18.6 Å². The maximum atomic E-state index is 10.4. The third-order valence-corrected chi connectivity index (χ3v) is 4.21. The van der Waals surface area contributed by atoms with Crippen molar-refractivity contribution >= 4 is 10.1 Å². The highest BCUT2D eigenvalue weighted by atomic mass is 32.2. The molecule has 5 heteroatoms. The Bertz CT molecular complexity index is 652. The van der Waals surface area contributed by atoms with E-state index in [-0.39, 0.29) is 4.90 Å². The van der Waals surface area contributed by atoms with Crippen molar-refractivity contribution in [2.45, 2.75) is 51.0 Å². The maximum Gasteiger partial charge on any atom is 0.168 e. The first kappa shape index (κ1) is 19.3. The van der Waals surface area contributed by atoms with Crippen LogP contribution >= 0.6 is 0 Å². The molecular weight excluding hydrogens is 310 g/mol. The molecule has 0 bridgehead atoms. The van der Waals surface area contributed by atoms with Crippen molar-refractivity contribution in [1.82, 2.24) is 0 Å². The van der Waals surface area contributed by atoms with Gasteiger partial charge in [0.15, 0.2) is 12.4 Å². The van der Waals surface area contributed by atoms with Crippen LogP contribution in [0.25, 0.3) is 0 Å². The molecule has 0 radical (unpaired) electrons. The van der Waals surface area contributed by atoms with E-state index in [1.54, 1.807) is 12.1 Å². The summed E-state index contributed by atoms with van der Waals surface area (Å²) in [5.74, 6) is 0. The van der Waals surface area contributed by atoms with Crippen molar-refractivity contribution in [3.63, 3.8) is 0 Å². The maximum absolute atomic E-state index is 10.4. The Balaban J connectivity index is 0.000000231. The predicted molar refractivity (Wildman–Crippen MR) is 89.9 cm³/mol. The quantitative estimate of drug-likeness (QED) is 0.461. The number of hydrogen-bond donors (Lipinski definition) is 0. The van der Waals surface area contributed by atoms with Gasteiger partial charge in [-0.3, -0.25) is 0 Å². The molecule has 2 rings (SSSR count). The van der Waals surface area contributed by atoms with Crippen LogP contribution in [0.4, 0.5) is 0 Å². The summed E-state index contributed by atoms with van der Waals surface area (Å²) < 4.78 is 33.4. The lowest BCUT2D eigenvalue weighted by molar-refractivity contribution is -0.697. The van der Waals surface area contributed by atoms with E-state index in [1.807, 2.05) is 6.92 Å². The molecule has 0 saturated heterocycles. The molecule has 0 aliphatic rings. The number of aryl methyl sites for hydroxylation is 2. The van der Waals surface area contributed by atoms with Crippen LogP contribution in [-0.4, -0.2) is 13.0 Å². The van der Waals surface area contributed by atoms with Crippen LogP contribution in [0.1, 0.15) is 38.2 Å². The van der Waals surface area contributed by atoms with Crippen molar-refractivity contribution in [1.29, 1.82) is 0 Å². The molecule has 0 saturated carbocycles. The Kier molecular flexibility index (Phi) is 8.51. The third-order valence-electron chi connectivity index (χ3n) is 3.36. The topological polar surface area (TPSA) is 61.1 Å². The minimum atomic E-state index is -4.27. The lowest BCUT2D eigenvalue weighted by Crippen LogP contribution is -2.32. The number of rotatable bonds is 6. The summed E-state index contributed by atoms with van der Waals surface area (Å²) in [5, 5.41) is 0. The fourth-order valence-electron chi connectivity index (χ4n) is 2.01. The van der Waals surface area contributed by atoms with Crippen LogP contribution in [0.5, 0.6) is 0 Å². The van der Waals surface area contributed by atoms with Crippen molar-refractivity contribution < 1.29 is 17.5 Å². The Morgan fingerprint density at radius 3 is 2.09 bits per heavy atom. The van der Waals surface area contributed by atoms with Gasteiger partial charge in [-0.2, -0.15) is 0 Å². The van der Waals surface area contributed by atoms with E-state index < -0.39 is 10.1 Å². The average Bonchev–Trinajstić information content (AvgIpc) is 2.53. The van der Waals surface area contributed by atoms with Crippen LogP contribution < -0.4 is 4.57 Å². The van der Waals surface area contributed by atoms with E-state index >= 15 is 0 Å². The molecule has 23 heavy (non-hydrogen) atoms. The molecule has 0 atom stereocenters. The molecule has 1 aromatic carbocycles. The molecule has 1 heterocycles. The summed E-state index contributed by atoms with van der Waals surface area (Å²) in [5.41, 5.74) is 0.928. The molecule has 1 aromatic heterocycles. The zero-order valence-corrected chi connectivity index (χ0v) is 14.6. The van der Waals surface area contributed by atoms with Crippen LogP contribution in [0.3, 0.4) is 0 Å². The zero-order chi connectivity index (χ0) is 17.1. The molecule has 0 aliphatic carbocycles. The SMILES string of the molecule is CCCCCC[n+]1ccccc1.Cc1ccc(S(=O)(=O)[O-])cc1. The Labute approximate surface area is 139 Å². The second-order valence-electron chi connectivity index (χ2n) is 5.44. The van der Waals surface area contributed by atoms with Gasteiger partial charge < -0.3 is 4.55 Å². The van der Waals surface area contributed by atoms with E-state index in [4.69, 9.17) is 0 Å². The lowest BCUT2D eigenvalue weighted by Gasteiger charge is -2.05. The molecule has 0 unspecified atom stereocenters. The molecule has 0 amide bonds.